The lowest BCUT2D eigenvalue weighted by atomic mass is 9.77. The molecule has 140 valence electrons. The summed E-state index contributed by atoms with van der Waals surface area (Å²) in [6, 6.07) is 3.51. The van der Waals surface area contributed by atoms with Crippen LogP contribution in [-0.4, -0.2) is 76.2 Å². The molecule has 1 aliphatic heterocycles. The van der Waals surface area contributed by atoms with E-state index in [9.17, 15) is 8.42 Å². The molecule has 0 spiro atoms. The molecule has 0 aromatic carbocycles. The molecule has 0 unspecified atom stereocenters. The normalized spacial score (nSPS) is 30.4. The van der Waals surface area contributed by atoms with E-state index in [1.807, 2.05) is 0 Å². The maximum absolute atomic E-state index is 13.1. The Balaban J connectivity index is 1.82. The summed E-state index contributed by atoms with van der Waals surface area (Å²) in [5.74, 6) is 0.841. The molecule has 1 saturated heterocycles. The van der Waals surface area contributed by atoms with Gasteiger partial charge in [-0.15, -0.1) is 0 Å². The van der Waals surface area contributed by atoms with Gasteiger partial charge < -0.3 is 14.4 Å². The maximum Gasteiger partial charge on any atom is 0.248 e. The van der Waals surface area contributed by atoms with E-state index >= 15 is 0 Å². The van der Waals surface area contributed by atoms with Crippen molar-refractivity contribution in [2.24, 2.45) is 11.8 Å². The van der Waals surface area contributed by atoms with E-state index in [4.69, 9.17) is 9.47 Å². The van der Waals surface area contributed by atoms with Crippen molar-refractivity contribution in [3.8, 4) is 5.88 Å². The number of hydrogen-bond donors (Lipinski definition) is 0. The second-order valence-electron chi connectivity index (χ2n) is 7.13. The van der Waals surface area contributed by atoms with Crippen molar-refractivity contribution in [2.75, 3.05) is 41.4 Å². The number of hydrogen-bond acceptors (Lipinski definition) is 6. The lowest BCUT2D eigenvalue weighted by Gasteiger charge is -2.40. The Labute approximate surface area is 150 Å². The van der Waals surface area contributed by atoms with Gasteiger partial charge in [0.1, 0.15) is 4.90 Å². The number of ether oxygens (including phenoxy) is 2. The van der Waals surface area contributed by atoms with Crippen molar-refractivity contribution in [3.05, 3.63) is 18.3 Å². The van der Waals surface area contributed by atoms with Gasteiger partial charge >= 0.3 is 0 Å². The van der Waals surface area contributed by atoms with Crippen LogP contribution in [0.25, 0.3) is 0 Å². The first-order valence-corrected chi connectivity index (χ1v) is 10.0. The first kappa shape index (κ1) is 18.6. The predicted octanol–water partition coefficient (Wildman–Crippen LogP) is 1.07. The minimum atomic E-state index is -3.61. The zero-order valence-corrected chi connectivity index (χ0v) is 16.1. The number of fused-ring (bicyclic) bond motifs is 1. The standard InChI is InChI=1S/C17H27N3O4S/c1-19(2)14-8-12-10-20(11-13(12)9-15(14)23-3)25(21,22)16-6-5-7-18-17(16)24-4/h5-7,12-15H,8-11H2,1-4H3/t12-,13+,14-,15-/m1/s1. The van der Waals surface area contributed by atoms with E-state index in [-0.39, 0.29) is 16.9 Å². The highest BCUT2D eigenvalue weighted by molar-refractivity contribution is 7.89. The van der Waals surface area contributed by atoms with Crippen LogP contribution in [0.5, 0.6) is 5.88 Å². The molecule has 3 rings (SSSR count). The first-order chi connectivity index (χ1) is 11.9. The molecule has 4 atom stereocenters. The van der Waals surface area contributed by atoms with Crippen LogP contribution in [0.3, 0.4) is 0 Å². The van der Waals surface area contributed by atoms with Gasteiger partial charge in [-0.25, -0.2) is 13.4 Å². The fourth-order valence-corrected chi connectivity index (χ4v) is 5.87. The Bertz CT molecular complexity index is 710. The fourth-order valence-electron chi connectivity index (χ4n) is 4.20. The van der Waals surface area contributed by atoms with Crippen LogP contribution in [0.2, 0.25) is 0 Å². The van der Waals surface area contributed by atoms with E-state index in [0.717, 1.165) is 12.8 Å². The van der Waals surface area contributed by atoms with Gasteiger partial charge in [-0.2, -0.15) is 4.31 Å². The third-order valence-corrected chi connectivity index (χ3v) is 7.41. The van der Waals surface area contributed by atoms with Crippen molar-refractivity contribution in [1.29, 1.82) is 0 Å². The van der Waals surface area contributed by atoms with Crippen LogP contribution in [0.4, 0.5) is 0 Å². The highest BCUT2D eigenvalue weighted by Crippen LogP contribution is 2.41. The van der Waals surface area contributed by atoms with Crippen molar-refractivity contribution < 1.29 is 17.9 Å². The summed E-state index contributed by atoms with van der Waals surface area (Å²) in [6.45, 7) is 1.08. The van der Waals surface area contributed by atoms with Gasteiger partial charge in [0.15, 0.2) is 0 Å². The maximum atomic E-state index is 13.1. The summed E-state index contributed by atoms with van der Waals surface area (Å²) in [5, 5.41) is 0. The van der Waals surface area contributed by atoms with E-state index in [2.05, 4.69) is 24.0 Å². The molecule has 2 fully saturated rings. The molecule has 2 heterocycles. The molecular weight excluding hydrogens is 342 g/mol. The average Bonchev–Trinajstić information content (AvgIpc) is 3.04. The van der Waals surface area contributed by atoms with Crippen LogP contribution in [0, 0.1) is 11.8 Å². The Morgan fingerprint density at radius 3 is 2.48 bits per heavy atom. The second kappa shape index (κ2) is 7.19. The number of sulfonamides is 1. The minimum Gasteiger partial charge on any atom is -0.480 e. The Morgan fingerprint density at radius 1 is 1.20 bits per heavy atom. The molecular formula is C17H27N3O4S. The number of likely N-dealkylation sites (N-methyl/N-ethyl adjacent to an activating group) is 1. The molecule has 2 aliphatic rings. The largest absolute Gasteiger partial charge is 0.480 e. The van der Waals surface area contributed by atoms with Gasteiger partial charge in [0.2, 0.25) is 15.9 Å². The fraction of sp³-hybridized carbons (Fsp3) is 0.706. The van der Waals surface area contributed by atoms with Crippen LogP contribution in [-0.2, 0) is 14.8 Å². The zero-order valence-electron chi connectivity index (χ0n) is 15.3. The zero-order chi connectivity index (χ0) is 18.2. The van der Waals surface area contributed by atoms with Crippen molar-refractivity contribution in [2.45, 2.75) is 29.9 Å². The molecule has 1 aliphatic carbocycles. The number of methoxy groups -OCH3 is 2. The lowest BCUT2D eigenvalue weighted by Crippen LogP contribution is -2.47. The number of rotatable bonds is 5. The summed E-state index contributed by atoms with van der Waals surface area (Å²) < 4.78 is 38.6. The summed E-state index contributed by atoms with van der Waals surface area (Å²) in [6.07, 6.45) is 3.52. The SMILES string of the molecule is COc1ncccc1S(=O)(=O)N1C[C@H]2C[C@@H](N(C)C)[C@H](OC)C[C@H]2C1. The van der Waals surface area contributed by atoms with Gasteiger partial charge in [-0.3, -0.25) is 0 Å². The summed E-state index contributed by atoms with van der Waals surface area (Å²) in [7, 11) is 3.68. The monoisotopic (exact) mass is 369 g/mol. The molecule has 0 radical (unpaired) electrons. The first-order valence-electron chi connectivity index (χ1n) is 8.56. The summed E-state index contributed by atoms with van der Waals surface area (Å²) >= 11 is 0. The molecule has 1 aromatic heterocycles. The van der Waals surface area contributed by atoms with E-state index in [1.54, 1.807) is 23.5 Å². The van der Waals surface area contributed by atoms with Crippen LogP contribution in [0.1, 0.15) is 12.8 Å². The van der Waals surface area contributed by atoms with Crippen molar-refractivity contribution in [1.82, 2.24) is 14.2 Å². The smallest absolute Gasteiger partial charge is 0.248 e. The highest BCUT2D eigenvalue weighted by Gasteiger charge is 2.46. The third kappa shape index (κ3) is 3.40. The number of nitrogens with zero attached hydrogens (tertiary/aromatic N) is 3. The van der Waals surface area contributed by atoms with E-state index < -0.39 is 10.0 Å². The van der Waals surface area contributed by atoms with Gasteiger partial charge in [-0.1, -0.05) is 0 Å². The summed E-state index contributed by atoms with van der Waals surface area (Å²) in [5.41, 5.74) is 0. The molecule has 1 aromatic rings. The molecule has 0 N–H and O–H groups in total. The topological polar surface area (TPSA) is 72.0 Å². The van der Waals surface area contributed by atoms with E-state index in [0.29, 0.717) is 31.0 Å². The molecule has 0 amide bonds. The highest BCUT2D eigenvalue weighted by atomic mass is 32.2. The van der Waals surface area contributed by atoms with Gasteiger partial charge in [-0.05, 0) is 50.9 Å². The Morgan fingerprint density at radius 2 is 1.88 bits per heavy atom. The third-order valence-electron chi connectivity index (χ3n) is 5.56. The Kier molecular flexibility index (Phi) is 5.34. The van der Waals surface area contributed by atoms with Crippen LogP contribution in [0.15, 0.2) is 23.2 Å². The quantitative estimate of drug-likeness (QED) is 0.773. The minimum absolute atomic E-state index is 0.142. The van der Waals surface area contributed by atoms with Gasteiger partial charge in [0.25, 0.3) is 0 Å². The van der Waals surface area contributed by atoms with Crippen molar-refractivity contribution in [3.63, 3.8) is 0 Å². The van der Waals surface area contributed by atoms with Crippen molar-refractivity contribution >= 4 is 10.0 Å². The lowest BCUT2D eigenvalue weighted by molar-refractivity contribution is -0.0209. The number of aromatic nitrogens is 1. The predicted molar refractivity (Wildman–Crippen MR) is 94.0 cm³/mol. The Hall–Kier alpha value is -1.22. The van der Waals surface area contributed by atoms with Crippen LogP contribution >= 0.6 is 0 Å². The van der Waals surface area contributed by atoms with Gasteiger partial charge in [0, 0.05) is 32.4 Å². The number of pyridine rings is 1. The molecule has 25 heavy (non-hydrogen) atoms. The second-order valence-corrected chi connectivity index (χ2v) is 9.04. The van der Waals surface area contributed by atoms with Gasteiger partial charge in [0.05, 0.1) is 13.2 Å². The van der Waals surface area contributed by atoms with E-state index in [1.165, 1.54) is 13.3 Å². The molecule has 8 heteroatoms. The average molecular weight is 369 g/mol. The van der Waals surface area contributed by atoms with Crippen LogP contribution < -0.4 is 4.74 Å². The summed E-state index contributed by atoms with van der Waals surface area (Å²) in [4.78, 5) is 6.36. The molecule has 7 nitrogen and oxygen atoms in total. The molecule has 1 saturated carbocycles. The molecule has 0 bridgehead atoms.